The number of nitriles is 1. The van der Waals surface area contributed by atoms with E-state index in [0.717, 1.165) is 10.9 Å². The highest BCUT2D eigenvalue weighted by molar-refractivity contribution is 5.85. The van der Waals surface area contributed by atoms with Crippen LogP contribution in [0.15, 0.2) is 29.1 Å². The van der Waals surface area contributed by atoms with E-state index in [1.807, 2.05) is 19.1 Å². The van der Waals surface area contributed by atoms with E-state index < -0.39 is 0 Å². The number of fused-ring (bicyclic) bond motifs is 1. The Kier molecular flexibility index (Phi) is 1.83. The van der Waals surface area contributed by atoms with Crippen LogP contribution in [0.2, 0.25) is 0 Å². The molecular formula is C11H8N2O. The zero-order valence-corrected chi connectivity index (χ0v) is 7.66. The van der Waals surface area contributed by atoms with Crippen molar-refractivity contribution in [1.29, 1.82) is 5.26 Å². The van der Waals surface area contributed by atoms with Crippen molar-refractivity contribution in [2.45, 2.75) is 6.92 Å². The van der Waals surface area contributed by atoms with Crippen molar-refractivity contribution in [3.8, 4) is 6.07 Å². The van der Waals surface area contributed by atoms with Crippen molar-refractivity contribution in [1.82, 2.24) is 4.98 Å². The molecule has 2 rings (SSSR count). The zero-order chi connectivity index (χ0) is 10.1. The van der Waals surface area contributed by atoms with Crippen LogP contribution in [0.3, 0.4) is 0 Å². The molecule has 0 saturated heterocycles. The number of aryl methyl sites for hydroxylation is 1. The molecule has 1 N–H and O–H groups in total. The minimum absolute atomic E-state index is 0.148. The van der Waals surface area contributed by atoms with Crippen molar-refractivity contribution in [3.63, 3.8) is 0 Å². The van der Waals surface area contributed by atoms with Crippen molar-refractivity contribution in [2.75, 3.05) is 0 Å². The van der Waals surface area contributed by atoms with Gasteiger partial charge >= 0.3 is 0 Å². The number of nitrogens with one attached hydrogen (secondary N) is 1. The molecule has 0 aliphatic carbocycles. The van der Waals surface area contributed by atoms with E-state index in [0.29, 0.717) is 11.1 Å². The lowest BCUT2D eigenvalue weighted by atomic mass is 10.0. The fourth-order valence-electron chi connectivity index (χ4n) is 1.49. The number of H-pyrrole nitrogens is 1. The largest absolute Gasteiger partial charge is 0.322 e. The normalized spacial score (nSPS) is 10.0. The molecule has 2 aromatic rings. The van der Waals surface area contributed by atoms with Crippen molar-refractivity contribution in [2.24, 2.45) is 0 Å². The molecule has 3 nitrogen and oxygen atoms in total. The first-order valence-electron chi connectivity index (χ1n) is 4.25. The van der Waals surface area contributed by atoms with Crippen LogP contribution in [0.1, 0.15) is 11.1 Å². The van der Waals surface area contributed by atoms with E-state index >= 15 is 0 Å². The maximum Gasteiger partial charge on any atom is 0.248 e. The second-order valence-electron chi connectivity index (χ2n) is 3.15. The minimum Gasteiger partial charge on any atom is -0.322 e. The molecule has 0 spiro atoms. The number of rotatable bonds is 0. The van der Waals surface area contributed by atoms with Crippen molar-refractivity contribution in [3.05, 3.63) is 45.7 Å². The summed E-state index contributed by atoms with van der Waals surface area (Å²) in [6.45, 7) is 1.88. The number of benzene rings is 1. The molecule has 14 heavy (non-hydrogen) atoms. The molecule has 0 unspecified atom stereocenters. The maximum absolute atomic E-state index is 11.0. The van der Waals surface area contributed by atoms with Crippen LogP contribution >= 0.6 is 0 Å². The molecule has 0 radical (unpaired) electrons. The standard InChI is InChI=1S/C11H8N2O/c1-7-2-4-10-8(9(7)6-12)3-5-11(14)13-10/h2-5H,1H3,(H,13,14). The SMILES string of the molecule is Cc1ccc2[nH]c(=O)ccc2c1C#N. The fraction of sp³-hybridized carbons (Fsp3) is 0.0909. The first kappa shape index (κ1) is 8.52. The molecule has 1 aromatic carbocycles. The third kappa shape index (κ3) is 1.17. The van der Waals surface area contributed by atoms with Crippen LogP contribution in [0, 0.1) is 18.3 Å². The van der Waals surface area contributed by atoms with Gasteiger partial charge in [0.25, 0.3) is 0 Å². The number of aromatic nitrogens is 1. The summed E-state index contributed by atoms with van der Waals surface area (Å²) in [6, 6.07) is 8.89. The lowest BCUT2D eigenvalue weighted by molar-refractivity contribution is 1.29. The number of hydrogen-bond acceptors (Lipinski definition) is 2. The third-order valence-electron chi connectivity index (χ3n) is 2.22. The van der Waals surface area contributed by atoms with Gasteiger partial charge in [0, 0.05) is 17.0 Å². The van der Waals surface area contributed by atoms with E-state index in [1.54, 1.807) is 6.07 Å². The van der Waals surface area contributed by atoms with Crippen LogP contribution in [0.4, 0.5) is 0 Å². The predicted molar refractivity (Wildman–Crippen MR) is 54.0 cm³/mol. The predicted octanol–water partition coefficient (Wildman–Crippen LogP) is 1.71. The lowest BCUT2D eigenvalue weighted by Crippen LogP contribution is -2.03. The zero-order valence-electron chi connectivity index (χ0n) is 7.66. The minimum atomic E-state index is -0.148. The average Bonchev–Trinajstić information content (AvgIpc) is 2.18. The Balaban J connectivity index is 2.97. The van der Waals surface area contributed by atoms with Gasteiger partial charge in [-0.15, -0.1) is 0 Å². The van der Waals surface area contributed by atoms with E-state index in [-0.39, 0.29) is 5.56 Å². The molecular weight excluding hydrogens is 176 g/mol. The molecule has 68 valence electrons. The Labute approximate surface area is 80.6 Å². The Hall–Kier alpha value is -2.08. The summed E-state index contributed by atoms with van der Waals surface area (Å²) in [4.78, 5) is 13.7. The van der Waals surface area contributed by atoms with E-state index in [9.17, 15) is 4.79 Å². The Morgan fingerprint density at radius 1 is 1.29 bits per heavy atom. The second kappa shape index (κ2) is 3.00. The smallest absolute Gasteiger partial charge is 0.248 e. The molecule has 0 aliphatic heterocycles. The van der Waals surface area contributed by atoms with E-state index in [2.05, 4.69) is 11.1 Å². The Morgan fingerprint density at radius 2 is 2.07 bits per heavy atom. The molecule has 1 heterocycles. The number of hydrogen-bond donors (Lipinski definition) is 1. The van der Waals surface area contributed by atoms with Gasteiger partial charge in [-0.05, 0) is 24.6 Å². The monoisotopic (exact) mass is 184 g/mol. The van der Waals surface area contributed by atoms with Gasteiger partial charge in [0.2, 0.25) is 5.56 Å². The van der Waals surface area contributed by atoms with Gasteiger partial charge in [0.15, 0.2) is 0 Å². The summed E-state index contributed by atoms with van der Waals surface area (Å²) >= 11 is 0. The topological polar surface area (TPSA) is 56.6 Å². The average molecular weight is 184 g/mol. The lowest BCUT2D eigenvalue weighted by Gasteiger charge is -2.01. The van der Waals surface area contributed by atoms with E-state index in [1.165, 1.54) is 6.07 Å². The number of nitrogens with zero attached hydrogens (tertiary/aromatic N) is 1. The fourth-order valence-corrected chi connectivity index (χ4v) is 1.49. The first-order chi connectivity index (χ1) is 6.72. The molecule has 0 aliphatic rings. The summed E-state index contributed by atoms with van der Waals surface area (Å²) in [5.41, 5.74) is 2.11. The second-order valence-corrected chi connectivity index (χ2v) is 3.15. The molecule has 0 bridgehead atoms. The highest BCUT2D eigenvalue weighted by Crippen LogP contribution is 2.18. The molecule has 0 amide bonds. The van der Waals surface area contributed by atoms with Gasteiger partial charge in [-0.1, -0.05) is 6.07 Å². The summed E-state index contributed by atoms with van der Waals surface area (Å²) in [7, 11) is 0. The molecule has 1 aromatic heterocycles. The highest BCUT2D eigenvalue weighted by Gasteiger charge is 2.03. The van der Waals surface area contributed by atoms with Crippen LogP contribution < -0.4 is 5.56 Å². The first-order valence-corrected chi connectivity index (χ1v) is 4.25. The van der Waals surface area contributed by atoms with Crippen LogP contribution in [-0.4, -0.2) is 4.98 Å². The number of pyridine rings is 1. The van der Waals surface area contributed by atoms with Gasteiger partial charge in [-0.25, -0.2) is 0 Å². The Bertz CT molecular complexity index is 590. The van der Waals surface area contributed by atoms with Gasteiger partial charge in [0.05, 0.1) is 5.56 Å². The van der Waals surface area contributed by atoms with Crippen molar-refractivity contribution >= 4 is 10.9 Å². The van der Waals surface area contributed by atoms with Gasteiger partial charge < -0.3 is 4.98 Å². The summed E-state index contributed by atoms with van der Waals surface area (Å²) in [5, 5.41) is 9.74. The molecule has 3 heteroatoms. The third-order valence-corrected chi connectivity index (χ3v) is 2.22. The molecule has 0 atom stereocenters. The van der Waals surface area contributed by atoms with Gasteiger partial charge in [0.1, 0.15) is 6.07 Å². The maximum atomic E-state index is 11.0. The summed E-state index contributed by atoms with van der Waals surface area (Å²) < 4.78 is 0. The van der Waals surface area contributed by atoms with Crippen molar-refractivity contribution < 1.29 is 0 Å². The van der Waals surface area contributed by atoms with Gasteiger partial charge in [-0.3, -0.25) is 4.79 Å². The van der Waals surface area contributed by atoms with Gasteiger partial charge in [-0.2, -0.15) is 5.26 Å². The van der Waals surface area contributed by atoms with E-state index in [4.69, 9.17) is 5.26 Å². The molecule has 0 fully saturated rings. The van der Waals surface area contributed by atoms with Crippen LogP contribution in [0.5, 0.6) is 0 Å². The van der Waals surface area contributed by atoms with Crippen LogP contribution in [0.25, 0.3) is 10.9 Å². The Morgan fingerprint density at radius 3 is 2.79 bits per heavy atom. The number of aromatic amines is 1. The molecule has 0 saturated carbocycles. The summed E-state index contributed by atoms with van der Waals surface area (Å²) in [5.74, 6) is 0. The van der Waals surface area contributed by atoms with Crippen LogP contribution in [-0.2, 0) is 0 Å². The highest BCUT2D eigenvalue weighted by atomic mass is 16.1. The summed E-state index contributed by atoms with van der Waals surface area (Å²) in [6.07, 6.45) is 0. The quantitative estimate of drug-likeness (QED) is 0.677.